The minimum atomic E-state index is -3.55. The van der Waals surface area contributed by atoms with Crippen molar-refractivity contribution in [3.8, 4) is 0 Å². The smallest absolute Gasteiger partial charge is 0.270 e. The Labute approximate surface area is 173 Å². The van der Waals surface area contributed by atoms with Gasteiger partial charge in [-0.1, -0.05) is 6.92 Å². The lowest BCUT2D eigenvalue weighted by Gasteiger charge is -2.29. The maximum absolute atomic E-state index is 13.1. The van der Waals surface area contributed by atoms with Gasteiger partial charge in [-0.15, -0.1) is 12.4 Å². The van der Waals surface area contributed by atoms with Gasteiger partial charge in [0.15, 0.2) is 0 Å². The van der Waals surface area contributed by atoms with Crippen LogP contribution in [0.3, 0.4) is 0 Å². The molecule has 2 bridgehead atoms. The van der Waals surface area contributed by atoms with E-state index in [1.54, 1.807) is 28.2 Å². The van der Waals surface area contributed by atoms with Crippen molar-refractivity contribution in [2.24, 2.45) is 13.0 Å². The van der Waals surface area contributed by atoms with Crippen molar-refractivity contribution < 1.29 is 13.2 Å². The first-order valence-corrected chi connectivity index (χ1v) is 11.5. The van der Waals surface area contributed by atoms with Crippen molar-refractivity contribution in [3.05, 3.63) is 18.0 Å². The maximum atomic E-state index is 13.1. The minimum absolute atomic E-state index is 0. The molecule has 1 aromatic rings. The first-order chi connectivity index (χ1) is 12.8. The number of piperidine rings is 1. The highest BCUT2D eigenvalue weighted by Crippen LogP contribution is 2.26. The molecule has 4 rings (SSSR count). The Morgan fingerprint density at radius 2 is 1.86 bits per heavy atom. The summed E-state index contributed by atoms with van der Waals surface area (Å²) in [6.07, 6.45) is 6.80. The van der Waals surface area contributed by atoms with Gasteiger partial charge in [0.25, 0.3) is 5.91 Å². The Bertz CT molecular complexity index is 825. The molecule has 4 heterocycles. The second-order valence-electron chi connectivity index (χ2n) is 8.46. The zero-order valence-corrected chi connectivity index (χ0v) is 18.3. The number of halogens is 1. The highest BCUT2D eigenvalue weighted by Gasteiger charge is 2.34. The van der Waals surface area contributed by atoms with Gasteiger partial charge in [-0.25, -0.2) is 8.42 Å². The van der Waals surface area contributed by atoms with Gasteiger partial charge < -0.3 is 14.8 Å². The van der Waals surface area contributed by atoms with Gasteiger partial charge in [0.2, 0.25) is 10.0 Å². The third kappa shape index (κ3) is 4.10. The standard InChI is InChI=1S/C19H30N4O3S.ClH/c1-14-4-3-8-23(11-14)27(25,26)17-10-18(21(2)13-17)19(24)22-9-7-15-5-6-16(12-22)20-15;/h10,13-16,20H,3-9,11-12H2,1-2H3;1H. The van der Waals surface area contributed by atoms with Crippen LogP contribution < -0.4 is 5.32 Å². The highest BCUT2D eigenvalue weighted by atomic mass is 35.5. The lowest BCUT2D eigenvalue weighted by atomic mass is 10.0. The number of carbonyl (C=O) groups is 1. The van der Waals surface area contributed by atoms with E-state index >= 15 is 0 Å². The average molecular weight is 431 g/mol. The van der Waals surface area contributed by atoms with E-state index in [0.29, 0.717) is 43.3 Å². The predicted molar refractivity (Wildman–Crippen MR) is 110 cm³/mol. The van der Waals surface area contributed by atoms with E-state index in [0.717, 1.165) is 32.2 Å². The van der Waals surface area contributed by atoms with Gasteiger partial charge in [-0.2, -0.15) is 4.31 Å². The summed E-state index contributed by atoms with van der Waals surface area (Å²) in [5, 5.41) is 3.58. The number of likely N-dealkylation sites (tertiary alicyclic amines) is 1. The molecule has 9 heteroatoms. The van der Waals surface area contributed by atoms with Crippen molar-refractivity contribution >= 4 is 28.3 Å². The van der Waals surface area contributed by atoms with Crippen LogP contribution in [0.4, 0.5) is 0 Å². The van der Waals surface area contributed by atoms with Crippen LogP contribution >= 0.6 is 12.4 Å². The molecule has 3 aliphatic heterocycles. The largest absolute Gasteiger partial charge is 0.345 e. The third-order valence-corrected chi connectivity index (χ3v) is 8.10. The number of aryl methyl sites for hydroxylation is 1. The SMILES string of the molecule is CC1CCCN(S(=O)(=O)c2cc(C(=O)N3CCC4CCC(C3)N4)n(C)c2)C1.Cl. The van der Waals surface area contributed by atoms with Crippen molar-refractivity contribution in [1.29, 1.82) is 0 Å². The lowest BCUT2D eigenvalue weighted by Crippen LogP contribution is -2.39. The van der Waals surface area contributed by atoms with E-state index in [4.69, 9.17) is 0 Å². The predicted octanol–water partition coefficient (Wildman–Crippen LogP) is 1.83. The highest BCUT2D eigenvalue weighted by molar-refractivity contribution is 7.89. The number of aromatic nitrogens is 1. The van der Waals surface area contributed by atoms with Gasteiger partial charge in [0.1, 0.15) is 10.6 Å². The molecule has 158 valence electrons. The Balaban J connectivity index is 0.00000225. The fraction of sp³-hybridized carbons (Fsp3) is 0.737. The van der Waals surface area contributed by atoms with E-state index < -0.39 is 10.0 Å². The number of sulfonamides is 1. The Morgan fingerprint density at radius 3 is 2.61 bits per heavy atom. The molecule has 3 fully saturated rings. The Kier molecular flexibility index (Phi) is 6.44. The Hall–Kier alpha value is -1.09. The fourth-order valence-electron chi connectivity index (χ4n) is 4.69. The number of hydrogen-bond donors (Lipinski definition) is 1. The number of nitrogens with zero attached hydrogens (tertiary/aromatic N) is 3. The van der Waals surface area contributed by atoms with Gasteiger partial charge in [-0.3, -0.25) is 4.79 Å². The monoisotopic (exact) mass is 430 g/mol. The van der Waals surface area contributed by atoms with Crippen molar-refractivity contribution in [3.63, 3.8) is 0 Å². The van der Waals surface area contributed by atoms with E-state index in [2.05, 4.69) is 12.2 Å². The molecule has 0 aliphatic carbocycles. The molecule has 28 heavy (non-hydrogen) atoms. The summed E-state index contributed by atoms with van der Waals surface area (Å²) in [4.78, 5) is 15.2. The summed E-state index contributed by atoms with van der Waals surface area (Å²) < 4.78 is 29.3. The number of amides is 1. The summed E-state index contributed by atoms with van der Waals surface area (Å²) in [5.41, 5.74) is 0.455. The van der Waals surface area contributed by atoms with Crippen molar-refractivity contribution in [2.45, 2.75) is 56.0 Å². The van der Waals surface area contributed by atoms with Crippen LogP contribution in [-0.2, 0) is 17.1 Å². The summed E-state index contributed by atoms with van der Waals surface area (Å²) >= 11 is 0. The zero-order chi connectivity index (χ0) is 19.2. The fourth-order valence-corrected chi connectivity index (χ4v) is 6.36. The maximum Gasteiger partial charge on any atom is 0.270 e. The Morgan fingerprint density at radius 1 is 1.11 bits per heavy atom. The molecular weight excluding hydrogens is 400 g/mol. The van der Waals surface area contributed by atoms with Crippen LogP contribution in [0.15, 0.2) is 17.2 Å². The molecule has 7 nitrogen and oxygen atoms in total. The molecule has 0 spiro atoms. The molecule has 0 aromatic carbocycles. The van der Waals surface area contributed by atoms with E-state index in [9.17, 15) is 13.2 Å². The van der Waals surface area contributed by atoms with Crippen molar-refractivity contribution in [2.75, 3.05) is 26.2 Å². The van der Waals surface area contributed by atoms with E-state index in [1.807, 2.05) is 4.90 Å². The molecule has 3 atom stereocenters. The summed E-state index contributed by atoms with van der Waals surface area (Å²) in [6.45, 7) is 4.63. The van der Waals surface area contributed by atoms with Crippen LogP contribution in [0.2, 0.25) is 0 Å². The minimum Gasteiger partial charge on any atom is -0.345 e. The second kappa shape index (κ2) is 8.34. The quantitative estimate of drug-likeness (QED) is 0.793. The zero-order valence-electron chi connectivity index (χ0n) is 16.6. The van der Waals surface area contributed by atoms with E-state index in [1.165, 1.54) is 6.42 Å². The molecule has 3 aliphatic rings. The van der Waals surface area contributed by atoms with Crippen LogP contribution in [0, 0.1) is 5.92 Å². The summed E-state index contributed by atoms with van der Waals surface area (Å²) in [6, 6.07) is 2.44. The van der Waals surface area contributed by atoms with Crippen LogP contribution in [-0.4, -0.2) is 66.4 Å². The number of carbonyl (C=O) groups excluding carboxylic acids is 1. The topological polar surface area (TPSA) is 74.7 Å². The molecule has 3 unspecified atom stereocenters. The lowest BCUT2D eigenvalue weighted by molar-refractivity contribution is 0.0738. The first kappa shape index (κ1) is 21.6. The summed E-state index contributed by atoms with van der Waals surface area (Å²) in [5.74, 6) is 0.304. The first-order valence-electron chi connectivity index (χ1n) is 10.1. The molecule has 1 amide bonds. The second-order valence-corrected chi connectivity index (χ2v) is 10.4. The van der Waals surface area contributed by atoms with Crippen LogP contribution in [0.25, 0.3) is 0 Å². The molecular formula is C19H31ClN4O3S. The molecule has 0 saturated carbocycles. The number of nitrogens with one attached hydrogen (secondary N) is 1. The van der Waals surface area contributed by atoms with Gasteiger partial charge >= 0.3 is 0 Å². The van der Waals surface area contributed by atoms with Gasteiger partial charge in [0, 0.05) is 51.5 Å². The average Bonchev–Trinajstić information content (AvgIpc) is 3.17. The van der Waals surface area contributed by atoms with Crippen LogP contribution in [0.1, 0.15) is 49.5 Å². The number of rotatable bonds is 3. The van der Waals surface area contributed by atoms with Crippen LogP contribution in [0.5, 0.6) is 0 Å². The normalized spacial score (nSPS) is 28.6. The molecule has 3 saturated heterocycles. The summed E-state index contributed by atoms with van der Waals surface area (Å²) in [7, 11) is -1.79. The number of hydrogen-bond acceptors (Lipinski definition) is 4. The number of fused-ring (bicyclic) bond motifs is 2. The van der Waals surface area contributed by atoms with Gasteiger partial charge in [0.05, 0.1) is 0 Å². The van der Waals surface area contributed by atoms with E-state index in [-0.39, 0.29) is 23.2 Å². The van der Waals surface area contributed by atoms with Gasteiger partial charge in [-0.05, 0) is 44.1 Å². The molecule has 0 radical (unpaired) electrons. The van der Waals surface area contributed by atoms with Crippen molar-refractivity contribution in [1.82, 2.24) is 19.1 Å². The molecule has 1 N–H and O–H groups in total. The third-order valence-electron chi connectivity index (χ3n) is 6.27. The molecule has 1 aromatic heterocycles.